The maximum absolute atomic E-state index is 12.0. The van der Waals surface area contributed by atoms with Crippen LogP contribution in [0.15, 0.2) is 24.3 Å². The molecule has 0 unspecified atom stereocenters. The van der Waals surface area contributed by atoms with Gasteiger partial charge < -0.3 is 10.1 Å². The smallest absolute Gasteiger partial charge is 0.244 e. The molecule has 1 aliphatic heterocycles. The lowest BCUT2D eigenvalue weighted by molar-refractivity contribution is -0.117. The largest absolute Gasteiger partial charge is 0.493 e. The van der Waals surface area contributed by atoms with Crippen molar-refractivity contribution in [1.29, 1.82) is 0 Å². The Kier molecular flexibility index (Phi) is 4.28. The van der Waals surface area contributed by atoms with Gasteiger partial charge >= 0.3 is 0 Å². The molecule has 1 N–H and O–H groups in total. The minimum atomic E-state index is 0.0197. The van der Waals surface area contributed by atoms with Crippen LogP contribution in [0.3, 0.4) is 0 Å². The van der Waals surface area contributed by atoms with Crippen LogP contribution >= 0.6 is 0 Å². The number of carbonyl (C=O) groups excluding carboxylic acids is 1. The summed E-state index contributed by atoms with van der Waals surface area (Å²) in [6, 6.07) is 6.44. The Balaban J connectivity index is 1.54. The second-order valence-electron chi connectivity index (χ2n) is 6.26. The molecule has 1 amide bonds. The first-order chi connectivity index (χ1) is 10.2. The van der Waals surface area contributed by atoms with Gasteiger partial charge in [0.1, 0.15) is 5.75 Å². The lowest BCUT2D eigenvalue weighted by Crippen LogP contribution is -2.36. The van der Waals surface area contributed by atoms with Crippen LogP contribution in [0.4, 0.5) is 0 Å². The van der Waals surface area contributed by atoms with Crippen LogP contribution in [0, 0.1) is 5.92 Å². The highest BCUT2D eigenvalue weighted by molar-refractivity contribution is 5.91. The van der Waals surface area contributed by atoms with E-state index in [-0.39, 0.29) is 5.91 Å². The van der Waals surface area contributed by atoms with Crippen LogP contribution in [0.5, 0.6) is 5.75 Å². The van der Waals surface area contributed by atoms with Crippen molar-refractivity contribution in [2.45, 2.75) is 45.1 Å². The van der Waals surface area contributed by atoms with Crippen molar-refractivity contribution in [2.24, 2.45) is 5.92 Å². The molecule has 0 saturated heterocycles. The summed E-state index contributed by atoms with van der Waals surface area (Å²) in [6.45, 7) is 3.05. The molecule has 21 heavy (non-hydrogen) atoms. The fraction of sp³-hybridized carbons (Fsp3) is 0.500. The predicted octanol–water partition coefficient (Wildman–Crippen LogP) is 3.33. The van der Waals surface area contributed by atoms with Crippen LogP contribution in [0.1, 0.15) is 43.7 Å². The van der Waals surface area contributed by atoms with Crippen LogP contribution in [0.25, 0.3) is 6.08 Å². The number of amides is 1. The van der Waals surface area contributed by atoms with Gasteiger partial charge in [0.15, 0.2) is 0 Å². The summed E-state index contributed by atoms with van der Waals surface area (Å²) in [5.74, 6) is 1.81. The minimum absolute atomic E-state index is 0.0197. The van der Waals surface area contributed by atoms with Gasteiger partial charge in [-0.25, -0.2) is 0 Å². The molecule has 112 valence electrons. The topological polar surface area (TPSA) is 38.3 Å². The quantitative estimate of drug-likeness (QED) is 0.865. The van der Waals surface area contributed by atoms with Gasteiger partial charge in [0, 0.05) is 18.5 Å². The molecule has 0 spiro atoms. The van der Waals surface area contributed by atoms with E-state index in [4.69, 9.17) is 4.74 Å². The first-order valence-corrected chi connectivity index (χ1v) is 7.95. The van der Waals surface area contributed by atoms with Gasteiger partial charge in [-0.1, -0.05) is 13.0 Å². The van der Waals surface area contributed by atoms with Crippen molar-refractivity contribution in [1.82, 2.24) is 5.32 Å². The molecule has 0 bridgehead atoms. The van der Waals surface area contributed by atoms with Crippen LogP contribution in [-0.2, 0) is 11.2 Å². The molecule has 0 atom stereocenters. The van der Waals surface area contributed by atoms with E-state index in [2.05, 4.69) is 18.3 Å². The van der Waals surface area contributed by atoms with Gasteiger partial charge in [-0.05, 0) is 60.9 Å². The SMILES string of the molecule is CC1CCC(NC(=O)/C=C/c2ccc3c(c2)CCO3)CC1. The van der Waals surface area contributed by atoms with Crippen molar-refractivity contribution in [2.75, 3.05) is 6.61 Å². The molecule has 1 heterocycles. The lowest BCUT2D eigenvalue weighted by Gasteiger charge is -2.26. The average molecular weight is 285 g/mol. The highest BCUT2D eigenvalue weighted by Crippen LogP contribution is 2.26. The fourth-order valence-corrected chi connectivity index (χ4v) is 3.14. The van der Waals surface area contributed by atoms with Gasteiger partial charge in [0.2, 0.25) is 5.91 Å². The standard InChI is InChI=1S/C18H23NO2/c1-13-2-6-16(7-3-13)19-18(20)9-5-14-4-8-17-15(12-14)10-11-21-17/h4-5,8-9,12-13,16H,2-3,6-7,10-11H2,1H3,(H,19,20)/b9-5+. The number of hydrogen-bond donors (Lipinski definition) is 1. The van der Waals surface area contributed by atoms with Crippen molar-refractivity contribution < 1.29 is 9.53 Å². The van der Waals surface area contributed by atoms with Crippen molar-refractivity contribution in [3.8, 4) is 5.75 Å². The average Bonchev–Trinajstić information content (AvgIpc) is 2.95. The molecule has 3 heteroatoms. The molecule has 0 aromatic heterocycles. The van der Waals surface area contributed by atoms with E-state index in [9.17, 15) is 4.79 Å². The van der Waals surface area contributed by atoms with Gasteiger partial charge in [0.05, 0.1) is 6.61 Å². The van der Waals surface area contributed by atoms with E-state index >= 15 is 0 Å². The first kappa shape index (κ1) is 14.2. The second kappa shape index (κ2) is 6.33. The maximum atomic E-state index is 12.0. The third-order valence-corrected chi connectivity index (χ3v) is 4.50. The summed E-state index contributed by atoms with van der Waals surface area (Å²) in [5, 5.41) is 3.11. The summed E-state index contributed by atoms with van der Waals surface area (Å²) < 4.78 is 5.48. The zero-order valence-electron chi connectivity index (χ0n) is 12.6. The number of nitrogens with one attached hydrogen (secondary N) is 1. The number of hydrogen-bond acceptors (Lipinski definition) is 2. The monoisotopic (exact) mass is 285 g/mol. The second-order valence-corrected chi connectivity index (χ2v) is 6.26. The number of ether oxygens (including phenoxy) is 1. The van der Waals surface area contributed by atoms with Gasteiger partial charge in [-0.2, -0.15) is 0 Å². The molecule has 1 saturated carbocycles. The molecule has 1 aromatic carbocycles. The normalized spacial score (nSPS) is 24.6. The molecule has 3 rings (SSSR count). The Morgan fingerprint density at radius 1 is 1.29 bits per heavy atom. The van der Waals surface area contributed by atoms with Gasteiger partial charge in [-0.15, -0.1) is 0 Å². The van der Waals surface area contributed by atoms with E-state index in [1.54, 1.807) is 6.08 Å². The van der Waals surface area contributed by atoms with E-state index in [0.29, 0.717) is 6.04 Å². The van der Waals surface area contributed by atoms with Gasteiger partial charge in [0.25, 0.3) is 0 Å². The number of carbonyl (C=O) groups is 1. The zero-order valence-corrected chi connectivity index (χ0v) is 12.6. The Bertz CT molecular complexity index is 542. The molecule has 3 nitrogen and oxygen atoms in total. The molecule has 0 radical (unpaired) electrons. The van der Waals surface area contributed by atoms with E-state index in [0.717, 1.165) is 43.1 Å². The summed E-state index contributed by atoms with van der Waals surface area (Å²) >= 11 is 0. The Morgan fingerprint density at radius 2 is 2.10 bits per heavy atom. The maximum Gasteiger partial charge on any atom is 0.244 e. The fourth-order valence-electron chi connectivity index (χ4n) is 3.14. The first-order valence-electron chi connectivity index (χ1n) is 7.95. The van der Waals surface area contributed by atoms with Crippen molar-refractivity contribution >= 4 is 12.0 Å². The minimum Gasteiger partial charge on any atom is -0.493 e. The zero-order chi connectivity index (χ0) is 14.7. The summed E-state index contributed by atoms with van der Waals surface area (Å²) in [7, 11) is 0. The Morgan fingerprint density at radius 3 is 2.90 bits per heavy atom. The molecular formula is C18H23NO2. The molecule has 1 fully saturated rings. The molecular weight excluding hydrogens is 262 g/mol. The van der Waals surface area contributed by atoms with Crippen LogP contribution in [0.2, 0.25) is 0 Å². The summed E-state index contributed by atoms with van der Waals surface area (Å²) in [5.41, 5.74) is 2.30. The number of benzene rings is 1. The lowest BCUT2D eigenvalue weighted by atomic mass is 9.87. The number of rotatable bonds is 3. The van der Waals surface area contributed by atoms with E-state index < -0.39 is 0 Å². The Hall–Kier alpha value is -1.77. The van der Waals surface area contributed by atoms with E-state index in [1.807, 2.05) is 18.2 Å². The number of fused-ring (bicyclic) bond motifs is 1. The van der Waals surface area contributed by atoms with Crippen LogP contribution < -0.4 is 10.1 Å². The third-order valence-electron chi connectivity index (χ3n) is 4.50. The third kappa shape index (κ3) is 3.66. The molecule has 2 aliphatic rings. The van der Waals surface area contributed by atoms with E-state index in [1.165, 1.54) is 18.4 Å². The van der Waals surface area contributed by atoms with Crippen molar-refractivity contribution in [3.05, 3.63) is 35.4 Å². The van der Waals surface area contributed by atoms with Gasteiger partial charge in [-0.3, -0.25) is 4.79 Å². The Labute approximate surface area is 126 Å². The highest BCUT2D eigenvalue weighted by Gasteiger charge is 2.18. The molecule has 1 aromatic rings. The summed E-state index contributed by atoms with van der Waals surface area (Å²) in [6.07, 6.45) is 9.16. The van der Waals surface area contributed by atoms with Crippen LogP contribution in [-0.4, -0.2) is 18.6 Å². The van der Waals surface area contributed by atoms with Crippen molar-refractivity contribution in [3.63, 3.8) is 0 Å². The molecule has 1 aliphatic carbocycles. The summed E-state index contributed by atoms with van der Waals surface area (Å²) in [4.78, 5) is 12.0. The highest BCUT2D eigenvalue weighted by atomic mass is 16.5. The predicted molar refractivity (Wildman–Crippen MR) is 84.2 cm³/mol.